The number of amides is 1. The number of hydrogen-bond donors (Lipinski definition) is 1. The normalized spacial score (nSPS) is 20.0. The third-order valence-electron chi connectivity index (χ3n) is 5.94. The molecule has 0 spiro atoms. The molecule has 1 amide bonds. The Kier molecular flexibility index (Phi) is 6.53. The molecule has 0 aromatic heterocycles. The molecular weight excluding hydrogens is 400 g/mol. The smallest absolute Gasteiger partial charge is 0.243 e. The van der Waals surface area contributed by atoms with Gasteiger partial charge < -0.3 is 10.1 Å². The summed E-state index contributed by atoms with van der Waals surface area (Å²) in [6, 6.07) is 12.7. The Hall–Kier alpha value is -2.38. The van der Waals surface area contributed by atoms with Crippen LogP contribution in [0.3, 0.4) is 0 Å². The Bertz CT molecular complexity index is 1020. The molecule has 1 aliphatic heterocycles. The number of ether oxygens (including phenoxy) is 1. The van der Waals surface area contributed by atoms with Crippen molar-refractivity contribution in [1.82, 2.24) is 9.62 Å². The maximum Gasteiger partial charge on any atom is 0.243 e. The third kappa shape index (κ3) is 4.68. The van der Waals surface area contributed by atoms with Gasteiger partial charge in [0.05, 0.1) is 17.4 Å². The van der Waals surface area contributed by atoms with Crippen LogP contribution in [0.5, 0.6) is 5.75 Å². The van der Waals surface area contributed by atoms with E-state index < -0.39 is 15.4 Å². The van der Waals surface area contributed by atoms with E-state index in [4.69, 9.17) is 4.74 Å². The number of nitrogens with zero attached hydrogens (tertiary/aromatic N) is 1. The molecule has 162 valence electrons. The molecule has 1 heterocycles. The summed E-state index contributed by atoms with van der Waals surface area (Å²) in [4.78, 5) is 13.3. The van der Waals surface area contributed by atoms with Crippen LogP contribution in [0.25, 0.3) is 0 Å². The zero-order valence-corrected chi connectivity index (χ0v) is 18.9. The molecule has 0 bridgehead atoms. The van der Waals surface area contributed by atoms with Gasteiger partial charge in [0.15, 0.2) is 0 Å². The number of piperidine rings is 1. The summed E-state index contributed by atoms with van der Waals surface area (Å²) >= 11 is 0. The highest BCUT2D eigenvalue weighted by molar-refractivity contribution is 7.89. The molecule has 1 saturated heterocycles. The van der Waals surface area contributed by atoms with Gasteiger partial charge >= 0.3 is 0 Å². The predicted octanol–water partition coefficient (Wildman–Crippen LogP) is 3.42. The third-order valence-corrected chi connectivity index (χ3v) is 7.78. The van der Waals surface area contributed by atoms with Gasteiger partial charge in [-0.25, -0.2) is 8.42 Å². The molecule has 0 saturated carbocycles. The largest absolute Gasteiger partial charge is 0.497 e. The minimum Gasteiger partial charge on any atom is -0.497 e. The minimum absolute atomic E-state index is 0.127. The van der Waals surface area contributed by atoms with Gasteiger partial charge in [-0.2, -0.15) is 4.31 Å². The number of carbonyl (C=O) groups excluding carboxylic acids is 1. The minimum atomic E-state index is -3.64. The molecule has 1 fully saturated rings. The summed E-state index contributed by atoms with van der Waals surface area (Å²) in [6.07, 6.45) is 1.30. The van der Waals surface area contributed by atoms with Crippen LogP contribution in [-0.2, 0) is 21.4 Å². The first-order valence-corrected chi connectivity index (χ1v) is 11.6. The molecule has 7 heteroatoms. The lowest BCUT2D eigenvalue weighted by molar-refractivity contribution is -0.132. The SMILES string of the molecule is COc1ccc(CNC(=O)[C@]2(C)CCCN(S(=O)(=O)c3ccc(C)c(C)c3)C2)cc1. The van der Waals surface area contributed by atoms with Gasteiger partial charge in [0, 0.05) is 19.6 Å². The summed E-state index contributed by atoms with van der Waals surface area (Å²) in [5.74, 6) is 0.634. The van der Waals surface area contributed by atoms with E-state index in [9.17, 15) is 13.2 Å². The highest BCUT2D eigenvalue weighted by Gasteiger charge is 2.41. The van der Waals surface area contributed by atoms with E-state index in [1.54, 1.807) is 19.2 Å². The van der Waals surface area contributed by atoms with Gasteiger partial charge in [-0.1, -0.05) is 18.2 Å². The molecule has 3 rings (SSSR count). The van der Waals surface area contributed by atoms with Crippen molar-refractivity contribution in [3.63, 3.8) is 0 Å². The van der Waals surface area contributed by atoms with E-state index in [-0.39, 0.29) is 17.3 Å². The lowest BCUT2D eigenvalue weighted by Gasteiger charge is -2.38. The van der Waals surface area contributed by atoms with Gasteiger partial charge in [-0.15, -0.1) is 0 Å². The fourth-order valence-corrected chi connectivity index (χ4v) is 5.43. The molecule has 1 N–H and O–H groups in total. The number of hydrogen-bond acceptors (Lipinski definition) is 4. The maximum absolute atomic E-state index is 13.2. The number of methoxy groups -OCH3 is 1. The van der Waals surface area contributed by atoms with Crippen LogP contribution >= 0.6 is 0 Å². The zero-order valence-electron chi connectivity index (χ0n) is 18.1. The average Bonchev–Trinajstić information content (AvgIpc) is 2.74. The summed E-state index contributed by atoms with van der Waals surface area (Å²) in [7, 11) is -2.03. The van der Waals surface area contributed by atoms with Crippen molar-refractivity contribution in [2.45, 2.75) is 45.1 Å². The van der Waals surface area contributed by atoms with E-state index >= 15 is 0 Å². The van der Waals surface area contributed by atoms with Crippen molar-refractivity contribution in [2.24, 2.45) is 5.41 Å². The summed E-state index contributed by atoms with van der Waals surface area (Å²) in [6.45, 7) is 6.70. The van der Waals surface area contributed by atoms with Gasteiger partial charge in [-0.3, -0.25) is 4.79 Å². The number of sulfonamides is 1. The number of benzene rings is 2. The van der Waals surface area contributed by atoms with Gasteiger partial charge in [-0.05, 0) is 74.6 Å². The van der Waals surface area contributed by atoms with Gasteiger partial charge in [0.25, 0.3) is 0 Å². The van der Waals surface area contributed by atoms with Crippen LogP contribution in [-0.4, -0.2) is 38.8 Å². The van der Waals surface area contributed by atoms with Crippen LogP contribution in [0, 0.1) is 19.3 Å². The van der Waals surface area contributed by atoms with Crippen molar-refractivity contribution in [3.05, 3.63) is 59.2 Å². The molecular formula is C23H30N2O4S. The summed E-state index contributed by atoms with van der Waals surface area (Å²) in [5, 5.41) is 2.97. The number of rotatable bonds is 6. The molecule has 30 heavy (non-hydrogen) atoms. The second kappa shape index (κ2) is 8.78. The topological polar surface area (TPSA) is 75.7 Å². The molecule has 2 aromatic rings. The van der Waals surface area contributed by atoms with Crippen molar-refractivity contribution in [3.8, 4) is 5.75 Å². The van der Waals surface area contributed by atoms with Crippen molar-refractivity contribution in [1.29, 1.82) is 0 Å². The fourth-order valence-electron chi connectivity index (χ4n) is 3.75. The summed E-state index contributed by atoms with van der Waals surface area (Å²) < 4.78 is 33.0. The molecule has 2 aromatic carbocycles. The number of aryl methyl sites for hydroxylation is 2. The maximum atomic E-state index is 13.2. The van der Waals surface area contributed by atoms with E-state index in [1.807, 2.05) is 51.1 Å². The van der Waals surface area contributed by atoms with Crippen molar-refractivity contribution >= 4 is 15.9 Å². The molecule has 1 atom stereocenters. The van der Waals surface area contributed by atoms with E-state index in [0.717, 1.165) is 22.4 Å². The van der Waals surface area contributed by atoms with Crippen molar-refractivity contribution in [2.75, 3.05) is 20.2 Å². The lowest BCUT2D eigenvalue weighted by Crippen LogP contribution is -2.51. The van der Waals surface area contributed by atoms with Crippen LogP contribution in [0.2, 0.25) is 0 Å². The first kappa shape index (κ1) is 22.3. The fraction of sp³-hybridized carbons (Fsp3) is 0.435. The van der Waals surface area contributed by atoms with Crippen LogP contribution < -0.4 is 10.1 Å². The Morgan fingerprint density at radius 2 is 1.83 bits per heavy atom. The first-order chi connectivity index (χ1) is 14.2. The number of nitrogens with one attached hydrogen (secondary N) is 1. The monoisotopic (exact) mass is 430 g/mol. The van der Waals surface area contributed by atoms with Gasteiger partial charge in [0.2, 0.25) is 15.9 Å². The molecule has 6 nitrogen and oxygen atoms in total. The Balaban J connectivity index is 1.71. The standard InChI is InChI=1S/C23H30N2O4S/c1-17-6-11-21(14-18(17)2)30(27,28)25-13-5-12-23(3,16-25)22(26)24-15-19-7-9-20(29-4)10-8-19/h6-11,14H,5,12-13,15-16H2,1-4H3,(H,24,26)/t23-/m1/s1. The Morgan fingerprint density at radius 1 is 1.13 bits per heavy atom. The van der Waals surface area contributed by atoms with E-state index in [2.05, 4.69) is 5.32 Å². The van der Waals surface area contributed by atoms with E-state index in [0.29, 0.717) is 25.9 Å². The predicted molar refractivity (Wildman–Crippen MR) is 117 cm³/mol. The quantitative estimate of drug-likeness (QED) is 0.762. The second-order valence-electron chi connectivity index (χ2n) is 8.28. The van der Waals surface area contributed by atoms with Gasteiger partial charge in [0.1, 0.15) is 5.75 Å². The highest BCUT2D eigenvalue weighted by atomic mass is 32.2. The first-order valence-electron chi connectivity index (χ1n) is 10.1. The van der Waals surface area contributed by atoms with Crippen LogP contribution in [0.15, 0.2) is 47.4 Å². The van der Waals surface area contributed by atoms with Crippen LogP contribution in [0.4, 0.5) is 0 Å². The molecule has 0 unspecified atom stereocenters. The molecule has 0 aliphatic carbocycles. The average molecular weight is 431 g/mol. The second-order valence-corrected chi connectivity index (χ2v) is 10.2. The lowest BCUT2D eigenvalue weighted by atomic mass is 9.82. The zero-order chi connectivity index (χ0) is 21.9. The van der Waals surface area contributed by atoms with Crippen LogP contribution in [0.1, 0.15) is 36.5 Å². The molecule has 0 radical (unpaired) electrons. The summed E-state index contributed by atoms with van der Waals surface area (Å²) in [5.41, 5.74) is 2.18. The van der Waals surface area contributed by atoms with E-state index in [1.165, 1.54) is 4.31 Å². The number of carbonyl (C=O) groups is 1. The molecule has 1 aliphatic rings. The van der Waals surface area contributed by atoms with Crippen molar-refractivity contribution < 1.29 is 17.9 Å². The Labute approximate surface area is 179 Å². The Morgan fingerprint density at radius 3 is 2.47 bits per heavy atom. The highest BCUT2D eigenvalue weighted by Crippen LogP contribution is 2.33.